The minimum absolute atomic E-state index is 0.0393. The van der Waals surface area contributed by atoms with Crippen molar-refractivity contribution >= 4 is 6.03 Å². The molecule has 1 rings (SSSR count). The van der Waals surface area contributed by atoms with Crippen LogP contribution in [0.15, 0.2) is 0 Å². The van der Waals surface area contributed by atoms with Gasteiger partial charge in [0.25, 0.3) is 0 Å². The number of nitrogens with zero attached hydrogens (tertiary/aromatic N) is 1. The summed E-state index contributed by atoms with van der Waals surface area (Å²) in [5.41, 5.74) is 0. The van der Waals surface area contributed by atoms with E-state index in [0.29, 0.717) is 12.5 Å². The fourth-order valence-electron chi connectivity index (χ4n) is 1.78. The summed E-state index contributed by atoms with van der Waals surface area (Å²) in [6.45, 7) is 9.38. The summed E-state index contributed by atoms with van der Waals surface area (Å²) in [5.74, 6) is 0.681. The number of likely N-dealkylation sites (tertiary alicyclic amines) is 1. The van der Waals surface area contributed by atoms with E-state index in [1.165, 1.54) is 0 Å². The highest BCUT2D eigenvalue weighted by molar-refractivity contribution is 5.74. The Morgan fingerprint density at radius 3 is 2.94 bits per heavy atom. The molecule has 0 radical (unpaired) electrons. The summed E-state index contributed by atoms with van der Waals surface area (Å²) in [6, 6.07) is 0.0393. The van der Waals surface area contributed by atoms with Crippen molar-refractivity contribution in [1.29, 1.82) is 0 Å². The number of rotatable bonds is 5. The van der Waals surface area contributed by atoms with Crippen LogP contribution in [0.2, 0.25) is 0 Å². The van der Waals surface area contributed by atoms with E-state index in [2.05, 4.69) is 19.2 Å². The highest BCUT2D eigenvalue weighted by atomic mass is 16.5. The Labute approximate surface area is 98.3 Å². The van der Waals surface area contributed by atoms with E-state index in [4.69, 9.17) is 4.74 Å². The van der Waals surface area contributed by atoms with E-state index < -0.39 is 0 Å². The summed E-state index contributed by atoms with van der Waals surface area (Å²) < 4.78 is 5.75. The number of carbonyl (C=O) groups is 1. The topological polar surface area (TPSA) is 41.6 Å². The molecule has 1 heterocycles. The van der Waals surface area contributed by atoms with Gasteiger partial charge in [-0.05, 0) is 25.7 Å². The molecule has 0 aromatic rings. The van der Waals surface area contributed by atoms with Crippen LogP contribution in [0, 0.1) is 5.92 Å². The molecule has 0 bridgehead atoms. The van der Waals surface area contributed by atoms with Gasteiger partial charge in [0, 0.05) is 26.2 Å². The summed E-state index contributed by atoms with van der Waals surface area (Å²) >= 11 is 0. The van der Waals surface area contributed by atoms with Crippen LogP contribution in [0.4, 0.5) is 4.79 Å². The molecule has 4 heteroatoms. The zero-order valence-corrected chi connectivity index (χ0v) is 10.7. The smallest absolute Gasteiger partial charge is 0.317 e. The number of urea groups is 1. The molecule has 1 aliphatic heterocycles. The highest BCUT2D eigenvalue weighted by Crippen LogP contribution is 2.13. The van der Waals surface area contributed by atoms with Crippen LogP contribution in [-0.2, 0) is 4.74 Å². The van der Waals surface area contributed by atoms with Gasteiger partial charge in [-0.3, -0.25) is 0 Å². The van der Waals surface area contributed by atoms with Crippen LogP contribution >= 0.6 is 0 Å². The van der Waals surface area contributed by atoms with Crippen molar-refractivity contribution in [1.82, 2.24) is 10.2 Å². The minimum Gasteiger partial charge on any atom is -0.376 e. The molecule has 0 saturated carbocycles. The van der Waals surface area contributed by atoms with Gasteiger partial charge in [0.05, 0.1) is 6.10 Å². The van der Waals surface area contributed by atoms with Gasteiger partial charge in [0.2, 0.25) is 0 Å². The number of hydrogen-bond donors (Lipinski definition) is 1. The molecule has 1 atom stereocenters. The van der Waals surface area contributed by atoms with E-state index in [1.54, 1.807) is 0 Å². The molecule has 1 N–H and O–H groups in total. The SMILES string of the molecule is CCNC(=O)N1CCC(OCCC(C)C)C1. The lowest BCUT2D eigenvalue weighted by Crippen LogP contribution is -2.38. The van der Waals surface area contributed by atoms with Crippen molar-refractivity contribution in [3.05, 3.63) is 0 Å². The van der Waals surface area contributed by atoms with Crippen molar-refractivity contribution in [2.75, 3.05) is 26.2 Å². The van der Waals surface area contributed by atoms with Crippen LogP contribution in [0.25, 0.3) is 0 Å². The normalized spacial score (nSPS) is 20.5. The van der Waals surface area contributed by atoms with E-state index in [1.807, 2.05) is 11.8 Å². The Kier molecular flexibility index (Phi) is 5.60. The zero-order chi connectivity index (χ0) is 12.0. The lowest BCUT2D eigenvalue weighted by molar-refractivity contribution is 0.0543. The second kappa shape index (κ2) is 6.74. The molecule has 0 aromatic carbocycles. The van der Waals surface area contributed by atoms with Gasteiger partial charge in [-0.25, -0.2) is 4.79 Å². The maximum atomic E-state index is 11.5. The molecule has 1 unspecified atom stereocenters. The van der Waals surface area contributed by atoms with Crippen LogP contribution in [0.3, 0.4) is 0 Å². The van der Waals surface area contributed by atoms with Gasteiger partial charge in [-0.1, -0.05) is 13.8 Å². The van der Waals surface area contributed by atoms with Gasteiger partial charge < -0.3 is 15.0 Å². The standard InChI is InChI=1S/C12H24N2O2/c1-4-13-12(15)14-7-5-11(9-14)16-8-6-10(2)3/h10-11H,4-9H2,1-3H3,(H,13,15). The van der Waals surface area contributed by atoms with Crippen LogP contribution in [-0.4, -0.2) is 43.3 Å². The van der Waals surface area contributed by atoms with Crippen molar-refractivity contribution in [2.45, 2.75) is 39.7 Å². The predicted octanol–water partition coefficient (Wildman–Crippen LogP) is 1.85. The monoisotopic (exact) mass is 228 g/mol. The first-order chi connectivity index (χ1) is 7.63. The molecule has 4 nitrogen and oxygen atoms in total. The molecule has 16 heavy (non-hydrogen) atoms. The van der Waals surface area contributed by atoms with Crippen LogP contribution in [0.1, 0.15) is 33.6 Å². The maximum absolute atomic E-state index is 11.5. The highest BCUT2D eigenvalue weighted by Gasteiger charge is 2.26. The predicted molar refractivity (Wildman–Crippen MR) is 64.5 cm³/mol. The Bertz CT molecular complexity index is 219. The summed E-state index contributed by atoms with van der Waals surface area (Å²) in [7, 11) is 0. The summed E-state index contributed by atoms with van der Waals surface area (Å²) in [6.07, 6.45) is 2.30. The molecule has 2 amide bonds. The molecule has 0 spiro atoms. The van der Waals surface area contributed by atoms with E-state index in [9.17, 15) is 4.79 Å². The summed E-state index contributed by atoms with van der Waals surface area (Å²) in [4.78, 5) is 13.4. The first-order valence-corrected chi connectivity index (χ1v) is 6.27. The largest absolute Gasteiger partial charge is 0.376 e. The van der Waals surface area contributed by atoms with E-state index >= 15 is 0 Å². The number of carbonyl (C=O) groups excluding carboxylic acids is 1. The van der Waals surface area contributed by atoms with E-state index in [-0.39, 0.29) is 12.1 Å². The molecule has 1 fully saturated rings. The number of hydrogen-bond acceptors (Lipinski definition) is 2. The van der Waals surface area contributed by atoms with Gasteiger partial charge >= 0.3 is 6.03 Å². The quantitative estimate of drug-likeness (QED) is 0.780. The fraction of sp³-hybridized carbons (Fsp3) is 0.917. The van der Waals surface area contributed by atoms with Gasteiger partial charge in [-0.15, -0.1) is 0 Å². The average Bonchev–Trinajstić information content (AvgIpc) is 2.66. The van der Waals surface area contributed by atoms with Gasteiger partial charge in [0.1, 0.15) is 0 Å². The Balaban J connectivity index is 2.17. The second-order valence-electron chi connectivity index (χ2n) is 4.75. The van der Waals surface area contributed by atoms with Crippen molar-refractivity contribution in [3.63, 3.8) is 0 Å². The van der Waals surface area contributed by atoms with E-state index in [0.717, 1.165) is 32.5 Å². The molecule has 1 aliphatic rings. The molecular formula is C12H24N2O2. The van der Waals surface area contributed by atoms with Crippen molar-refractivity contribution < 1.29 is 9.53 Å². The van der Waals surface area contributed by atoms with Gasteiger partial charge in [0.15, 0.2) is 0 Å². The fourth-order valence-corrected chi connectivity index (χ4v) is 1.78. The number of nitrogens with one attached hydrogen (secondary N) is 1. The molecule has 0 aliphatic carbocycles. The lowest BCUT2D eigenvalue weighted by atomic mass is 10.1. The number of ether oxygens (including phenoxy) is 1. The third kappa shape index (κ3) is 4.39. The zero-order valence-electron chi connectivity index (χ0n) is 10.7. The third-order valence-electron chi connectivity index (χ3n) is 2.81. The Morgan fingerprint density at radius 1 is 1.56 bits per heavy atom. The van der Waals surface area contributed by atoms with Crippen LogP contribution in [0.5, 0.6) is 0 Å². The van der Waals surface area contributed by atoms with Crippen molar-refractivity contribution in [3.8, 4) is 0 Å². The second-order valence-corrected chi connectivity index (χ2v) is 4.75. The maximum Gasteiger partial charge on any atom is 0.317 e. The Hall–Kier alpha value is -0.770. The molecule has 1 saturated heterocycles. The third-order valence-corrected chi connectivity index (χ3v) is 2.81. The molecular weight excluding hydrogens is 204 g/mol. The van der Waals surface area contributed by atoms with Gasteiger partial charge in [-0.2, -0.15) is 0 Å². The average molecular weight is 228 g/mol. The molecule has 94 valence electrons. The molecule has 0 aromatic heterocycles. The Morgan fingerprint density at radius 2 is 2.31 bits per heavy atom. The summed E-state index contributed by atoms with van der Waals surface area (Å²) in [5, 5.41) is 2.81. The first kappa shape index (κ1) is 13.3. The van der Waals surface area contributed by atoms with Crippen molar-refractivity contribution in [2.24, 2.45) is 5.92 Å². The number of amides is 2. The minimum atomic E-state index is 0.0393. The lowest BCUT2D eigenvalue weighted by Gasteiger charge is -2.17. The first-order valence-electron chi connectivity index (χ1n) is 6.27. The van der Waals surface area contributed by atoms with Crippen LogP contribution < -0.4 is 5.32 Å².